The Morgan fingerprint density at radius 1 is 0.483 bits per heavy atom. The minimum Gasteiger partial charge on any atom is -0.232 e. The van der Waals surface area contributed by atoms with Gasteiger partial charge in [-0.2, -0.15) is 0 Å². The van der Waals surface area contributed by atoms with Crippen LogP contribution in [-0.4, -0.2) is 19.9 Å². The zero-order valence-corrected chi connectivity index (χ0v) is 33.2. The van der Waals surface area contributed by atoms with Crippen molar-refractivity contribution in [2.75, 3.05) is 0 Å². The molecule has 0 N–H and O–H groups in total. The van der Waals surface area contributed by atoms with E-state index in [0.717, 1.165) is 57.0 Å². The third kappa shape index (κ3) is 6.78. The van der Waals surface area contributed by atoms with E-state index in [0.29, 0.717) is 11.6 Å². The average Bonchev–Trinajstić information content (AvgIpc) is 3.29. The second-order valence-electron chi connectivity index (χ2n) is 15.4. The van der Waals surface area contributed by atoms with Gasteiger partial charge in [-0.25, -0.2) is 19.9 Å². The van der Waals surface area contributed by atoms with Crippen molar-refractivity contribution in [2.24, 2.45) is 0 Å². The summed E-state index contributed by atoms with van der Waals surface area (Å²) in [5, 5.41) is 0. The topological polar surface area (TPSA) is 51.6 Å². The Labute approximate surface area is 344 Å². The lowest BCUT2D eigenvalue weighted by molar-refractivity contribution is 0.608. The summed E-state index contributed by atoms with van der Waals surface area (Å²) in [6.45, 7) is 4.66. The molecule has 278 valence electrons. The second kappa shape index (κ2) is 15.0. The van der Waals surface area contributed by atoms with E-state index in [4.69, 9.17) is 19.9 Å². The van der Waals surface area contributed by atoms with E-state index in [1.165, 1.54) is 32.0 Å². The van der Waals surface area contributed by atoms with E-state index in [1.54, 1.807) is 0 Å². The summed E-state index contributed by atoms with van der Waals surface area (Å²) in [6, 6.07) is 57.5. The van der Waals surface area contributed by atoms with Crippen LogP contribution in [0.25, 0.3) is 67.7 Å². The van der Waals surface area contributed by atoms with Gasteiger partial charge in [-0.3, -0.25) is 0 Å². The average molecular weight is 765 g/mol. The number of hydrogen-bond donors (Lipinski definition) is 0. The van der Waals surface area contributed by atoms with E-state index < -0.39 is 0 Å². The maximum absolute atomic E-state index is 5.38. The zero-order chi connectivity index (χ0) is 39.1. The van der Waals surface area contributed by atoms with Crippen LogP contribution in [-0.2, 0) is 5.41 Å². The maximum Gasteiger partial charge on any atom is 0.160 e. The summed E-state index contributed by atoms with van der Waals surface area (Å²) < 4.78 is 0. The second-order valence-corrected chi connectivity index (χ2v) is 16.5. The van der Waals surface area contributed by atoms with E-state index in [9.17, 15) is 0 Å². The van der Waals surface area contributed by atoms with Gasteiger partial charge in [0.05, 0.1) is 22.8 Å². The Balaban J connectivity index is 1.09. The summed E-state index contributed by atoms with van der Waals surface area (Å²) in [5.74, 6) is 1.53. The van der Waals surface area contributed by atoms with Crippen LogP contribution in [0, 0.1) is 0 Å². The van der Waals surface area contributed by atoms with Crippen LogP contribution < -0.4 is 0 Å². The van der Waals surface area contributed by atoms with E-state index in [-0.39, 0.29) is 11.3 Å². The van der Waals surface area contributed by atoms with Crippen molar-refractivity contribution in [3.8, 4) is 67.7 Å². The van der Waals surface area contributed by atoms with Crippen molar-refractivity contribution in [1.29, 1.82) is 0 Å². The molecule has 1 aliphatic carbocycles. The summed E-state index contributed by atoms with van der Waals surface area (Å²) in [5.41, 5.74) is 13.6. The normalized spacial score (nSPS) is 15.1. The Bertz CT molecular complexity index is 2860. The molecule has 0 saturated carbocycles. The zero-order valence-electron chi connectivity index (χ0n) is 32.4. The van der Waals surface area contributed by atoms with Crippen LogP contribution in [0.1, 0.15) is 43.0 Å². The maximum atomic E-state index is 5.38. The SMILES string of the molecule is CC1(C)c2ccccc2Sc2c(-c3cc(C4C=CC=CC4)nc(-c4cccc(-c5cc(-c6ccc(-c7ccccc7)cc6)nc(-c6ccccc6)n5)c4)n3)cccc21. The first-order chi connectivity index (χ1) is 28.5. The van der Waals surface area contributed by atoms with Gasteiger partial charge in [-0.05, 0) is 52.9 Å². The molecule has 0 radical (unpaired) electrons. The summed E-state index contributed by atoms with van der Waals surface area (Å²) in [7, 11) is 0. The predicted molar refractivity (Wildman–Crippen MR) is 239 cm³/mol. The minimum atomic E-state index is -0.143. The molecule has 1 unspecified atom stereocenters. The molecule has 1 aliphatic heterocycles. The molecule has 5 heteroatoms. The first-order valence-electron chi connectivity index (χ1n) is 19.8. The molecule has 10 rings (SSSR count). The highest BCUT2D eigenvalue weighted by molar-refractivity contribution is 7.99. The Morgan fingerprint density at radius 3 is 1.86 bits per heavy atom. The molecule has 0 fully saturated rings. The lowest BCUT2D eigenvalue weighted by atomic mass is 9.77. The number of nitrogens with zero attached hydrogens (tertiary/aromatic N) is 4. The summed E-state index contributed by atoms with van der Waals surface area (Å²) >= 11 is 1.85. The van der Waals surface area contributed by atoms with Crippen LogP contribution in [0.5, 0.6) is 0 Å². The first kappa shape index (κ1) is 35.7. The fraction of sp³-hybridized carbons (Fsp3) is 0.0943. The van der Waals surface area contributed by atoms with E-state index >= 15 is 0 Å². The molecule has 2 aliphatic rings. The van der Waals surface area contributed by atoms with Crippen molar-refractivity contribution in [3.05, 3.63) is 205 Å². The van der Waals surface area contributed by atoms with Gasteiger partial charge in [0.2, 0.25) is 0 Å². The fourth-order valence-electron chi connectivity index (χ4n) is 8.13. The number of hydrogen-bond acceptors (Lipinski definition) is 5. The molecular weight excluding hydrogens is 725 g/mol. The first-order valence-corrected chi connectivity index (χ1v) is 20.6. The number of benzene rings is 6. The Kier molecular flexibility index (Phi) is 9.23. The molecule has 0 spiro atoms. The molecule has 0 amide bonds. The highest BCUT2D eigenvalue weighted by Gasteiger charge is 2.34. The molecule has 0 saturated heterocycles. The smallest absolute Gasteiger partial charge is 0.160 e. The van der Waals surface area contributed by atoms with Gasteiger partial charge in [0.15, 0.2) is 11.6 Å². The van der Waals surface area contributed by atoms with Crippen LogP contribution in [0.2, 0.25) is 0 Å². The van der Waals surface area contributed by atoms with Gasteiger partial charge in [0.1, 0.15) is 0 Å². The molecule has 4 nitrogen and oxygen atoms in total. The van der Waals surface area contributed by atoms with Crippen molar-refractivity contribution >= 4 is 11.8 Å². The van der Waals surface area contributed by atoms with Crippen LogP contribution in [0.15, 0.2) is 198 Å². The largest absolute Gasteiger partial charge is 0.232 e. The van der Waals surface area contributed by atoms with Crippen molar-refractivity contribution in [2.45, 2.75) is 41.4 Å². The summed E-state index contributed by atoms with van der Waals surface area (Å²) in [4.78, 5) is 23.5. The molecule has 8 aromatic rings. The van der Waals surface area contributed by atoms with Gasteiger partial charge in [0.25, 0.3) is 0 Å². The highest BCUT2D eigenvalue weighted by atomic mass is 32.2. The van der Waals surface area contributed by atoms with Gasteiger partial charge in [-0.1, -0.05) is 189 Å². The van der Waals surface area contributed by atoms with Gasteiger partial charge >= 0.3 is 0 Å². The van der Waals surface area contributed by atoms with Crippen LogP contribution in [0.3, 0.4) is 0 Å². The lowest BCUT2D eigenvalue weighted by Crippen LogP contribution is -2.24. The lowest BCUT2D eigenvalue weighted by Gasteiger charge is -2.35. The standard InChI is InChI=1S/C53H40N4S/c1-53(2)43-25-12-13-27-49(43)58-50-42(24-15-26-44(50)53)48-34-46(37-18-8-4-9-19-37)55-52(57-48)41-23-14-22-40(32-41)47-33-45(54-51(56-47)39-20-10-5-11-21-39)38-30-28-36(29-31-38)35-16-6-3-7-17-35/h3-18,20-34,37H,19H2,1-2H3. The van der Waals surface area contributed by atoms with Crippen molar-refractivity contribution in [1.82, 2.24) is 19.9 Å². The minimum absolute atomic E-state index is 0.143. The molecule has 3 heterocycles. The van der Waals surface area contributed by atoms with Crippen molar-refractivity contribution in [3.63, 3.8) is 0 Å². The molecule has 58 heavy (non-hydrogen) atoms. The number of rotatable bonds is 7. The Hall–Kier alpha value is -6.69. The highest BCUT2D eigenvalue weighted by Crippen LogP contribution is 2.52. The third-order valence-corrected chi connectivity index (χ3v) is 12.5. The number of fused-ring (bicyclic) bond motifs is 2. The molecule has 2 aromatic heterocycles. The van der Waals surface area contributed by atoms with Gasteiger partial charge in [-0.15, -0.1) is 0 Å². The predicted octanol–water partition coefficient (Wildman–Crippen LogP) is 13.7. The third-order valence-electron chi connectivity index (χ3n) is 11.3. The van der Waals surface area contributed by atoms with E-state index in [2.05, 4.69) is 178 Å². The quantitative estimate of drug-likeness (QED) is 0.162. The van der Waals surface area contributed by atoms with Crippen LogP contribution in [0.4, 0.5) is 0 Å². The molecular formula is C53H40N4S. The molecule has 0 bridgehead atoms. The number of aromatic nitrogens is 4. The van der Waals surface area contributed by atoms with Crippen LogP contribution >= 0.6 is 11.8 Å². The summed E-state index contributed by atoms with van der Waals surface area (Å²) in [6.07, 6.45) is 9.61. The molecule has 1 atom stereocenters. The molecule has 6 aromatic carbocycles. The van der Waals surface area contributed by atoms with E-state index in [1.807, 2.05) is 36.0 Å². The monoisotopic (exact) mass is 764 g/mol. The Morgan fingerprint density at radius 2 is 1.09 bits per heavy atom. The van der Waals surface area contributed by atoms with Gasteiger partial charge < -0.3 is 0 Å². The fourth-order valence-corrected chi connectivity index (χ4v) is 9.65. The van der Waals surface area contributed by atoms with Gasteiger partial charge in [0, 0.05) is 48.9 Å². The number of allylic oxidation sites excluding steroid dienone is 4. The van der Waals surface area contributed by atoms with Crippen molar-refractivity contribution < 1.29 is 0 Å².